The zero-order valence-corrected chi connectivity index (χ0v) is 11.6. The van der Waals surface area contributed by atoms with Gasteiger partial charge in [0.05, 0.1) is 6.61 Å². The Morgan fingerprint density at radius 3 is 2.00 bits per heavy atom. The van der Waals surface area contributed by atoms with E-state index in [4.69, 9.17) is 5.11 Å². The molecule has 0 radical (unpaired) electrons. The first-order valence-electron chi connectivity index (χ1n) is 5.96. The van der Waals surface area contributed by atoms with E-state index in [0.717, 1.165) is 6.42 Å². The lowest BCUT2D eigenvalue weighted by Gasteiger charge is -2.34. The highest BCUT2D eigenvalue weighted by Gasteiger charge is 2.34. The van der Waals surface area contributed by atoms with Crippen LogP contribution in [0.5, 0.6) is 0 Å². The van der Waals surface area contributed by atoms with Crippen molar-refractivity contribution in [3.05, 3.63) is 0 Å². The largest absolute Gasteiger partial charge is 0.395 e. The Balaban J connectivity index is 4.62. The van der Waals surface area contributed by atoms with Gasteiger partial charge in [0.1, 0.15) is 0 Å². The van der Waals surface area contributed by atoms with Crippen molar-refractivity contribution in [2.45, 2.75) is 48.0 Å². The number of aliphatic hydroxyl groups is 1. The molecule has 0 aliphatic rings. The number of aliphatic hydroxyl groups excluding tert-OH is 1. The lowest BCUT2D eigenvalue weighted by molar-refractivity contribution is -0.129. The number of carbonyl (C=O) groups is 1. The van der Waals surface area contributed by atoms with Crippen molar-refractivity contribution in [1.29, 1.82) is 0 Å². The van der Waals surface area contributed by atoms with Gasteiger partial charge in [-0.25, -0.2) is 0 Å². The van der Waals surface area contributed by atoms with Crippen LogP contribution in [0, 0.1) is 16.7 Å². The molecule has 1 atom stereocenters. The second-order valence-corrected chi connectivity index (χ2v) is 6.70. The van der Waals surface area contributed by atoms with E-state index < -0.39 is 0 Å². The summed E-state index contributed by atoms with van der Waals surface area (Å²) in [7, 11) is 0. The molecule has 96 valence electrons. The fourth-order valence-corrected chi connectivity index (χ4v) is 1.71. The standard InChI is InChI=1S/C13H27NO2/c1-12(2,3)9-10(13(4,5)6)11(16)14-7-8-15/h10,15H,7-9H2,1-6H3,(H,14,16). The molecule has 0 spiro atoms. The minimum atomic E-state index is -0.0488. The second kappa shape index (κ2) is 5.67. The maximum absolute atomic E-state index is 12.0. The first-order valence-corrected chi connectivity index (χ1v) is 5.96. The van der Waals surface area contributed by atoms with Crippen molar-refractivity contribution >= 4 is 5.91 Å². The lowest BCUT2D eigenvalue weighted by Crippen LogP contribution is -2.41. The molecule has 0 aromatic rings. The summed E-state index contributed by atoms with van der Waals surface area (Å²) in [5.74, 6) is 0.0375. The summed E-state index contributed by atoms with van der Waals surface area (Å²) in [5.41, 5.74) is 0.0846. The van der Waals surface area contributed by atoms with Crippen LogP contribution < -0.4 is 5.32 Å². The maximum atomic E-state index is 12.0. The van der Waals surface area contributed by atoms with Crippen molar-refractivity contribution in [2.75, 3.05) is 13.2 Å². The first kappa shape index (κ1) is 15.4. The van der Waals surface area contributed by atoms with Crippen LogP contribution in [-0.2, 0) is 4.79 Å². The molecule has 1 unspecified atom stereocenters. The van der Waals surface area contributed by atoms with E-state index in [1.165, 1.54) is 0 Å². The van der Waals surface area contributed by atoms with Gasteiger partial charge >= 0.3 is 0 Å². The Kier molecular flexibility index (Phi) is 5.47. The van der Waals surface area contributed by atoms with Crippen molar-refractivity contribution in [3.8, 4) is 0 Å². The molecule has 0 aliphatic carbocycles. The summed E-state index contributed by atoms with van der Waals surface area (Å²) >= 11 is 0. The third-order valence-electron chi connectivity index (χ3n) is 2.59. The molecule has 0 rings (SSSR count). The van der Waals surface area contributed by atoms with E-state index in [-0.39, 0.29) is 29.3 Å². The minimum Gasteiger partial charge on any atom is -0.395 e. The summed E-state index contributed by atoms with van der Waals surface area (Å²) in [5, 5.41) is 11.5. The molecule has 2 N–H and O–H groups in total. The molecule has 0 aromatic carbocycles. The van der Waals surface area contributed by atoms with Crippen LogP contribution in [0.4, 0.5) is 0 Å². The van der Waals surface area contributed by atoms with Gasteiger partial charge in [0.2, 0.25) is 5.91 Å². The predicted octanol–water partition coefficient (Wildman–Crippen LogP) is 2.19. The summed E-state index contributed by atoms with van der Waals surface area (Å²) in [6.45, 7) is 13.0. The maximum Gasteiger partial charge on any atom is 0.223 e. The van der Waals surface area contributed by atoms with Gasteiger partial charge in [0, 0.05) is 12.5 Å². The summed E-state index contributed by atoms with van der Waals surface area (Å²) < 4.78 is 0. The molecule has 16 heavy (non-hydrogen) atoms. The zero-order chi connectivity index (χ0) is 13.0. The molecule has 0 aliphatic heterocycles. The Labute approximate surface area is 99.6 Å². The van der Waals surface area contributed by atoms with Crippen molar-refractivity contribution in [3.63, 3.8) is 0 Å². The van der Waals surface area contributed by atoms with Crippen LogP contribution in [0.15, 0.2) is 0 Å². The van der Waals surface area contributed by atoms with E-state index in [9.17, 15) is 4.79 Å². The van der Waals surface area contributed by atoms with Crippen LogP contribution in [0.2, 0.25) is 0 Å². The fraction of sp³-hybridized carbons (Fsp3) is 0.923. The Morgan fingerprint density at radius 2 is 1.69 bits per heavy atom. The van der Waals surface area contributed by atoms with Crippen LogP contribution in [0.1, 0.15) is 48.0 Å². The third kappa shape index (κ3) is 6.11. The molecule has 0 saturated carbocycles. The molecular formula is C13H27NO2. The van der Waals surface area contributed by atoms with E-state index in [0.29, 0.717) is 6.54 Å². The third-order valence-corrected chi connectivity index (χ3v) is 2.59. The highest BCUT2D eigenvalue weighted by Crippen LogP contribution is 2.35. The van der Waals surface area contributed by atoms with Crippen LogP contribution in [0.25, 0.3) is 0 Å². The Morgan fingerprint density at radius 1 is 1.19 bits per heavy atom. The quantitative estimate of drug-likeness (QED) is 0.776. The summed E-state index contributed by atoms with van der Waals surface area (Å²) in [4.78, 5) is 12.0. The van der Waals surface area contributed by atoms with Crippen molar-refractivity contribution in [2.24, 2.45) is 16.7 Å². The molecule has 3 heteroatoms. The number of amides is 1. The molecular weight excluding hydrogens is 202 g/mol. The van der Waals surface area contributed by atoms with E-state index in [1.807, 2.05) is 0 Å². The second-order valence-electron chi connectivity index (χ2n) is 6.70. The predicted molar refractivity (Wildman–Crippen MR) is 67.1 cm³/mol. The average molecular weight is 229 g/mol. The number of hydrogen-bond acceptors (Lipinski definition) is 2. The van der Waals surface area contributed by atoms with Gasteiger partial charge in [0.15, 0.2) is 0 Å². The molecule has 0 bridgehead atoms. The van der Waals surface area contributed by atoms with Crippen LogP contribution in [0.3, 0.4) is 0 Å². The van der Waals surface area contributed by atoms with E-state index in [2.05, 4.69) is 46.9 Å². The monoisotopic (exact) mass is 229 g/mol. The smallest absolute Gasteiger partial charge is 0.223 e. The van der Waals surface area contributed by atoms with E-state index >= 15 is 0 Å². The topological polar surface area (TPSA) is 49.3 Å². The SMILES string of the molecule is CC(C)(C)CC(C(=O)NCCO)C(C)(C)C. The number of carbonyl (C=O) groups excluding carboxylic acids is 1. The van der Waals surface area contributed by atoms with Gasteiger partial charge in [0.25, 0.3) is 0 Å². The average Bonchev–Trinajstić information content (AvgIpc) is 2.07. The van der Waals surface area contributed by atoms with Crippen LogP contribution in [-0.4, -0.2) is 24.2 Å². The summed E-state index contributed by atoms with van der Waals surface area (Å²) in [6.07, 6.45) is 0.855. The van der Waals surface area contributed by atoms with Gasteiger partial charge in [-0.05, 0) is 17.3 Å². The number of hydrogen-bond donors (Lipinski definition) is 2. The van der Waals surface area contributed by atoms with E-state index in [1.54, 1.807) is 0 Å². The van der Waals surface area contributed by atoms with Gasteiger partial charge in [-0.1, -0.05) is 41.5 Å². The fourth-order valence-electron chi connectivity index (χ4n) is 1.71. The molecule has 0 aromatic heterocycles. The summed E-state index contributed by atoms with van der Waals surface area (Å²) in [6, 6.07) is 0. The zero-order valence-electron chi connectivity index (χ0n) is 11.6. The minimum absolute atomic E-state index is 0.00186. The Hall–Kier alpha value is -0.570. The van der Waals surface area contributed by atoms with Gasteiger partial charge in [-0.15, -0.1) is 0 Å². The molecule has 0 saturated heterocycles. The highest BCUT2D eigenvalue weighted by molar-refractivity contribution is 5.79. The molecule has 1 amide bonds. The van der Waals surface area contributed by atoms with Crippen molar-refractivity contribution in [1.82, 2.24) is 5.32 Å². The highest BCUT2D eigenvalue weighted by atomic mass is 16.3. The molecule has 3 nitrogen and oxygen atoms in total. The molecule has 0 heterocycles. The van der Waals surface area contributed by atoms with Gasteiger partial charge < -0.3 is 10.4 Å². The number of rotatable bonds is 4. The Bertz CT molecular complexity index is 223. The molecule has 0 fully saturated rings. The van der Waals surface area contributed by atoms with Crippen LogP contribution >= 0.6 is 0 Å². The first-order chi connectivity index (χ1) is 7.08. The number of nitrogens with one attached hydrogen (secondary N) is 1. The van der Waals surface area contributed by atoms with Gasteiger partial charge in [-0.2, -0.15) is 0 Å². The lowest BCUT2D eigenvalue weighted by atomic mass is 9.72. The van der Waals surface area contributed by atoms with Gasteiger partial charge in [-0.3, -0.25) is 4.79 Å². The normalized spacial score (nSPS) is 14.7. The van der Waals surface area contributed by atoms with Crippen molar-refractivity contribution < 1.29 is 9.90 Å².